The maximum atomic E-state index is 12.1. The standard InChI is InChI=1S/C17H15Cl2N3O5S/c1-28(26,27)22(15-7-13(18)6-14(19)8-15)10-16(23)21-20-9-11-2-4-12(5-3-11)17(24)25/h2-9H,10H2,1H3,(H,21,23)(H,24,25)/b20-9-. The molecule has 0 spiro atoms. The third kappa shape index (κ3) is 6.22. The van der Waals surface area contributed by atoms with Crippen molar-refractivity contribution in [2.24, 2.45) is 5.10 Å². The van der Waals surface area contributed by atoms with Crippen molar-refractivity contribution < 1.29 is 23.1 Å². The first-order chi connectivity index (χ1) is 13.1. The van der Waals surface area contributed by atoms with Crippen LogP contribution in [0.25, 0.3) is 0 Å². The molecule has 0 fully saturated rings. The average Bonchev–Trinajstić information content (AvgIpc) is 2.58. The van der Waals surface area contributed by atoms with Crippen LogP contribution in [0.15, 0.2) is 47.6 Å². The van der Waals surface area contributed by atoms with Gasteiger partial charge in [0.2, 0.25) is 10.0 Å². The number of sulfonamides is 1. The maximum Gasteiger partial charge on any atom is 0.335 e. The summed E-state index contributed by atoms with van der Waals surface area (Å²) in [5.41, 5.74) is 3.02. The van der Waals surface area contributed by atoms with Crippen molar-refractivity contribution in [3.8, 4) is 0 Å². The monoisotopic (exact) mass is 443 g/mol. The van der Waals surface area contributed by atoms with Gasteiger partial charge in [0.15, 0.2) is 0 Å². The molecule has 2 aromatic carbocycles. The summed E-state index contributed by atoms with van der Waals surface area (Å²) < 4.78 is 24.9. The molecule has 0 aliphatic carbocycles. The molecule has 0 aliphatic heterocycles. The van der Waals surface area contributed by atoms with Gasteiger partial charge < -0.3 is 5.11 Å². The van der Waals surface area contributed by atoms with Gasteiger partial charge in [-0.05, 0) is 35.9 Å². The highest BCUT2D eigenvalue weighted by Gasteiger charge is 2.21. The molecule has 0 saturated heterocycles. The normalized spacial score (nSPS) is 11.4. The molecular weight excluding hydrogens is 429 g/mol. The zero-order valence-corrected chi connectivity index (χ0v) is 16.8. The Bertz CT molecular complexity index is 1000. The number of rotatable bonds is 7. The fraction of sp³-hybridized carbons (Fsp3) is 0.118. The highest BCUT2D eigenvalue weighted by molar-refractivity contribution is 7.92. The first-order valence-corrected chi connectivity index (χ1v) is 10.3. The van der Waals surface area contributed by atoms with Crippen LogP contribution in [0.3, 0.4) is 0 Å². The van der Waals surface area contributed by atoms with Crippen molar-refractivity contribution in [1.82, 2.24) is 5.43 Å². The summed E-state index contributed by atoms with van der Waals surface area (Å²) in [4.78, 5) is 22.9. The summed E-state index contributed by atoms with van der Waals surface area (Å²) in [6.07, 6.45) is 2.24. The lowest BCUT2D eigenvalue weighted by atomic mass is 10.1. The number of hydrazone groups is 1. The summed E-state index contributed by atoms with van der Waals surface area (Å²) in [5.74, 6) is -1.75. The minimum Gasteiger partial charge on any atom is -0.478 e. The van der Waals surface area contributed by atoms with Gasteiger partial charge >= 0.3 is 5.97 Å². The van der Waals surface area contributed by atoms with Crippen LogP contribution in [0.1, 0.15) is 15.9 Å². The molecule has 0 aromatic heterocycles. The van der Waals surface area contributed by atoms with Gasteiger partial charge in [0, 0.05) is 10.0 Å². The Morgan fingerprint density at radius 1 is 1.14 bits per heavy atom. The van der Waals surface area contributed by atoms with E-state index < -0.39 is 28.4 Å². The van der Waals surface area contributed by atoms with Crippen LogP contribution in [0.5, 0.6) is 0 Å². The lowest BCUT2D eigenvalue weighted by Crippen LogP contribution is -2.39. The summed E-state index contributed by atoms with van der Waals surface area (Å²) in [5, 5.41) is 13.0. The number of benzene rings is 2. The maximum absolute atomic E-state index is 12.1. The van der Waals surface area contributed by atoms with Crippen molar-refractivity contribution in [3.63, 3.8) is 0 Å². The highest BCUT2D eigenvalue weighted by Crippen LogP contribution is 2.26. The Hall–Kier alpha value is -2.62. The number of halogens is 2. The number of carbonyl (C=O) groups is 2. The topological polar surface area (TPSA) is 116 Å². The van der Waals surface area contributed by atoms with E-state index in [1.165, 1.54) is 48.7 Å². The molecule has 1 amide bonds. The van der Waals surface area contributed by atoms with Crippen LogP contribution in [0.2, 0.25) is 10.0 Å². The van der Waals surface area contributed by atoms with Gasteiger partial charge in [-0.1, -0.05) is 35.3 Å². The van der Waals surface area contributed by atoms with Crippen molar-refractivity contribution in [2.45, 2.75) is 0 Å². The van der Waals surface area contributed by atoms with E-state index in [1.54, 1.807) is 0 Å². The van der Waals surface area contributed by atoms with E-state index in [9.17, 15) is 18.0 Å². The van der Waals surface area contributed by atoms with Gasteiger partial charge in [0.1, 0.15) is 6.54 Å². The molecule has 0 saturated carbocycles. The molecule has 8 nitrogen and oxygen atoms in total. The second-order valence-electron chi connectivity index (χ2n) is 5.62. The van der Waals surface area contributed by atoms with Crippen molar-refractivity contribution >= 4 is 57.0 Å². The average molecular weight is 444 g/mol. The number of anilines is 1. The zero-order chi connectivity index (χ0) is 20.9. The Balaban J connectivity index is 2.08. The van der Waals surface area contributed by atoms with Crippen LogP contribution in [0.4, 0.5) is 5.69 Å². The van der Waals surface area contributed by atoms with E-state index in [0.29, 0.717) is 5.56 Å². The number of hydrogen-bond donors (Lipinski definition) is 2. The SMILES string of the molecule is CS(=O)(=O)N(CC(=O)N/N=C\c1ccc(C(=O)O)cc1)c1cc(Cl)cc(Cl)c1. The molecule has 0 bridgehead atoms. The molecule has 2 aromatic rings. The smallest absolute Gasteiger partial charge is 0.335 e. The largest absolute Gasteiger partial charge is 0.478 e. The molecule has 0 aliphatic rings. The van der Waals surface area contributed by atoms with Gasteiger partial charge in [0.05, 0.1) is 23.7 Å². The van der Waals surface area contributed by atoms with E-state index in [4.69, 9.17) is 28.3 Å². The molecular formula is C17H15Cl2N3O5S. The first kappa shape index (κ1) is 21.7. The lowest BCUT2D eigenvalue weighted by Gasteiger charge is -2.21. The second-order valence-corrected chi connectivity index (χ2v) is 8.40. The highest BCUT2D eigenvalue weighted by atomic mass is 35.5. The Morgan fingerprint density at radius 2 is 1.71 bits per heavy atom. The number of hydrogen-bond acceptors (Lipinski definition) is 5. The van der Waals surface area contributed by atoms with Gasteiger partial charge in [-0.15, -0.1) is 0 Å². The van der Waals surface area contributed by atoms with Gasteiger partial charge in [-0.25, -0.2) is 18.6 Å². The Morgan fingerprint density at radius 3 is 2.21 bits per heavy atom. The fourth-order valence-corrected chi connectivity index (χ4v) is 3.49. The van der Waals surface area contributed by atoms with Crippen molar-refractivity contribution in [1.29, 1.82) is 0 Å². The number of nitrogens with one attached hydrogen (secondary N) is 1. The zero-order valence-electron chi connectivity index (χ0n) is 14.5. The van der Waals surface area contributed by atoms with Gasteiger partial charge in [-0.2, -0.15) is 5.10 Å². The fourth-order valence-electron chi connectivity index (χ4n) is 2.14. The Kier molecular flexibility index (Phi) is 7.00. The summed E-state index contributed by atoms with van der Waals surface area (Å²) in [6, 6.07) is 9.97. The molecule has 11 heteroatoms. The minimum atomic E-state index is -3.79. The molecule has 0 atom stereocenters. The molecule has 148 valence electrons. The van der Waals surface area contributed by atoms with E-state index in [0.717, 1.165) is 10.6 Å². The molecule has 0 heterocycles. The van der Waals surface area contributed by atoms with Crippen LogP contribution < -0.4 is 9.73 Å². The molecule has 0 radical (unpaired) electrons. The first-order valence-electron chi connectivity index (χ1n) is 7.65. The number of aromatic carboxylic acids is 1. The van der Waals surface area contributed by atoms with E-state index >= 15 is 0 Å². The van der Waals surface area contributed by atoms with E-state index in [-0.39, 0.29) is 21.3 Å². The van der Waals surface area contributed by atoms with Gasteiger partial charge in [-0.3, -0.25) is 9.10 Å². The summed E-state index contributed by atoms with van der Waals surface area (Å²) in [6.45, 7) is -0.537. The van der Waals surface area contributed by atoms with E-state index in [1.807, 2.05) is 0 Å². The summed E-state index contributed by atoms with van der Waals surface area (Å²) in [7, 11) is -3.79. The second kappa shape index (κ2) is 9.05. The predicted molar refractivity (Wildman–Crippen MR) is 108 cm³/mol. The minimum absolute atomic E-state index is 0.116. The third-order valence-corrected chi connectivity index (χ3v) is 4.96. The number of carboxylic acid groups (broad SMARTS) is 1. The van der Waals surface area contributed by atoms with E-state index in [2.05, 4.69) is 10.5 Å². The number of carboxylic acids is 1. The van der Waals surface area contributed by atoms with Crippen molar-refractivity contribution in [2.75, 3.05) is 17.1 Å². The predicted octanol–water partition coefficient (Wildman–Crippen LogP) is 2.61. The molecule has 2 N–H and O–H groups in total. The number of nitrogens with zero attached hydrogens (tertiary/aromatic N) is 2. The summed E-state index contributed by atoms with van der Waals surface area (Å²) >= 11 is 11.8. The third-order valence-electron chi connectivity index (χ3n) is 3.38. The number of carbonyl (C=O) groups excluding carboxylic acids is 1. The van der Waals surface area contributed by atoms with Crippen LogP contribution in [-0.4, -0.2) is 44.4 Å². The number of amides is 1. The van der Waals surface area contributed by atoms with Crippen LogP contribution in [-0.2, 0) is 14.8 Å². The quantitative estimate of drug-likeness (QED) is 0.503. The Labute approximate surface area is 171 Å². The van der Waals surface area contributed by atoms with Gasteiger partial charge in [0.25, 0.3) is 5.91 Å². The molecule has 28 heavy (non-hydrogen) atoms. The molecule has 2 rings (SSSR count). The lowest BCUT2D eigenvalue weighted by molar-refractivity contribution is -0.119. The van der Waals surface area contributed by atoms with Crippen LogP contribution >= 0.6 is 23.2 Å². The van der Waals surface area contributed by atoms with Crippen LogP contribution in [0, 0.1) is 0 Å². The molecule has 0 unspecified atom stereocenters. The van der Waals surface area contributed by atoms with Crippen molar-refractivity contribution in [3.05, 3.63) is 63.6 Å².